The summed E-state index contributed by atoms with van der Waals surface area (Å²) in [4.78, 5) is 13.5. The van der Waals surface area contributed by atoms with Crippen LogP contribution in [0.15, 0.2) is 42.5 Å². The van der Waals surface area contributed by atoms with Crippen LogP contribution in [0.25, 0.3) is 10.8 Å². The molecule has 116 valence electrons. The molecule has 2 aromatic carbocycles. The van der Waals surface area contributed by atoms with Crippen LogP contribution in [0, 0.1) is 0 Å². The van der Waals surface area contributed by atoms with Gasteiger partial charge in [-0.3, -0.25) is 0 Å². The summed E-state index contributed by atoms with van der Waals surface area (Å²) in [7, 11) is 0. The molecule has 22 heavy (non-hydrogen) atoms. The number of nitrogens with one attached hydrogen (secondary N) is 1. The van der Waals surface area contributed by atoms with Crippen LogP contribution in [0.1, 0.15) is 19.8 Å². The number of anilines is 1. The lowest BCUT2D eigenvalue weighted by molar-refractivity contribution is 0.0983. The Labute approximate surface area is 131 Å². The quantitative estimate of drug-likeness (QED) is 0.935. The molecule has 4 heteroatoms. The van der Waals surface area contributed by atoms with Crippen molar-refractivity contribution in [3.63, 3.8) is 0 Å². The van der Waals surface area contributed by atoms with Gasteiger partial charge in [-0.25, -0.2) is 4.79 Å². The van der Waals surface area contributed by atoms with Crippen molar-refractivity contribution >= 4 is 22.6 Å². The SMILES string of the molecule is CCOC(=O)N1CCC(Nc2cccc3ccccc23)CC1. The number of piperidine rings is 1. The molecule has 0 radical (unpaired) electrons. The third-order valence-corrected chi connectivity index (χ3v) is 4.17. The van der Waals surface area contributed by atoms with Crippen molar-refractivity contribution in [2.24, 2.45) is 0 Å². The van der Waals surface area contributed by atoms with Crippen molar-refractivity contribution in [2.45, 2.75) is 25.8 Å². The fourth-order valence-electron chi connectivity index (χ4n) is 2.99. The van der Waals surface area contributed by atoms with E-state index in [1.54, 1.807) is 4.90 Å². The second-order valence-electron chi connectivity index (χ2n) is 5.63. The van der Waals surface area contributed by atoms with Crippen molar-refractivity contribution in [3.8, 4) is 0 Å². The average Bonchev–Trinajstić information content (AvgIpc) is 2.56. The Morgan fingerprint density at radius 2 is 1.91 bits per heavy atom. The summed E-state index contributed by atoms with van der Waals surface area (Å²) in [5.41, 5.74) is 1.17. The van der Waals surface area contributed by atoms with E-state index in [9.17, 15) is 4.79 Å². The molecule has 1 fully saturated rings. The minimum Gasteiger partial charge on any atom is -0.450 e. The van der Waals surface area contributed by atoms with E-state index in [4.69, 9.17) is 4.74 Å². The third kappa shape index (κ3) is 3.16. The highest BCUT2D eigenvalue weighted by Gasteiger charge is 2.23. The number of rotatable bonds is 3. The number of nitrogens with zero attached hydrogens (tertiary/aromatic N) is 1. The van der Waals surface area contributed by atoms with Crippen LogP contribution in [0.5, 0.6) is 0 Å². The molecule has 0 bridgehead atoms. The Balaban J connectivity index is 1.64. The lowest BCUT2D eigenvalue weighted by Gasteiger charge is -2.32. The molecule has 1 saturated heterocycles. The molecule has 1 aliphatic rings. The molecule has 0 spiro atoms. The van der Waals surface area contributed by atoms with Gasteiger partial charge in [-0.05, 0) is 31.2 Å². The predicted molar refractivity (Wildman–Crippen MR) is 89.2 cm³/mol. The molecule has 1 amide bonds. The lowest BCUT2D eigenvalue weighted by Crippen LogP contribution is -2.42. The van der Waals surface area contributed by atoms with Crippen LogP contribution in [0.4, 0.5) is 10.5 Å². The molecule has 1 N–H and O–H groups in total. The van der Waals surface area contributed by atoms with Gasteiger partial charge in [-0.1, -0.05) is 36.4 Å². The highest BCUT2D eigenvalue weighted by Crippen LogP contribution is 2.25. The Morgan fingerprint density at radius 1 is 1.18 bits per heavy atom. The van der Waals surface area contributed by atoms with E-state index < -0.39 is 0 Å². The number of fused-ring (bicyclic) bond motifs is 1. The summed E-state index contributed by atoms with van der Waals surface area (Å²) in [6, 6.07) is 15.1. The van der Waals surface area contributed by atoms with Crippen LogP contribution in [-0.4, -0.2) is 36.7 Å². The monoisotopic (exact) mass is 298 g/mol. The molecule has 0 aliphatic carbocycles. The summed E-state index contributed by atoms with van der Waals surface area (Å²) in [6.07, 6.45) is 1.70. The normalized spacial score (nSPS) is 15.8. The standard InChI is InChI=1S/C18H22N2O2/c1-2-22-18(21)20-12-10-15(11-13-20)19-17-9-5-7-14-6-3-4-8-16(14)17/h3-9,15,19H,2,10-13H2,1H3. The molecular formula is C18H22N2O2. The van der Waals surface area contributed by atoms with Crippen molar-refractivity contribution in [3.05, 3.63) is 42.5 Å². The topological polar surface area (TPSA) is 41.6 Å². The first-order valence-corrected chi connectivity index (χ1v) is 7.94. The zero-order chi connectivity index (χ0) is 15.4. The Hall–Kier alpha value is -2.23. The Kier molecular flexibility index (Phi) is 4.47. The van der Waals surface area contributed by atoms with E-state index >= 15 is 0 Å². The zero-order valence-corrected chi connectivity index (χ0v) is 12.9. The summed E-state index contributed by atoms with van der Waals surface area (Å²) in [5, 5.41) is 6.13. The van der Waals surface area contributed by atoms with E-state index in [1.165, 1.54) is 16.5 Å². The molecular weight excluding hydrogens is 276 g/mol. The molecule has 2 aromatic rings. The maximum absolute atomic E-state index is 11.7. The van der Waals surface area contributed by atoms with Gasteiger partial charge in [0.1, 0.15) is 0 Å². The molecule has 1 aliphatic heterocycles. The van der Waals surface area contributed by atoms with Crippen LogP contribution in [-0.2, 0) is 4.74 Å². The van der Waals surface area contributed by atoms with E-state index in [0.29, 0.717) is 12.6 Å². The van der Waals surface area contributed by atoms with Crippen molar-refractivity contribution in [2.75, 3.05) is 25.0 Å². The van der Waals surface area contributed by atoms with Gasteiger partial charge in [0.15, 0.2) is 0 Å². The Morgan fingerprint density at radius 3 is 2.68 bits per heavy atom. The zero-order valence-electron chi connectivity index (χ0n) is 12.9. The summed E-state index contributed by atoms with van der Waals surface area (Å²) in [6.45, 7) is 3.78. The number of ether oxygens (including phenoxy) is 1. The van der Waals surface area contributed by atoms with Gasteiger partial charge in [-0.15, -0.1) is 0 Å². The van der Waals surface area contributed by atoms with Gasteiger partial charge >= 0.3 is 6.09 Å². The number of carbonyl (C=O) groups excluding carboxylic acids is 1. The van der Waals surface area contributed by atoms with Gasteiger partial charge in [0.05, 0.1) is 6.61 Å². The van der Waals surface area contributed by atoms with Crippen molar-refractivity contribution in [1.82, 2.24) is 4.90 Å². The largest absolute Gasteiger partial charge is 0.450 e. The first kappa shape index (κ1) is 14.7. The maximum atomic E-state index is 11.7. The smallest absolute Gasteiger partial charge is 0.409 e. The second kappa shape index (κ2) is 6.69. The number of hydrogen-bond acceptors (Lipinski definition) is 3. The number of hydrogen-bond donors (Lipinski definition) is 1. The highest BCUT2D eigenvalue weighted by atomic mass is 16.6. The average molecular weight is 298 g/mol. The fraction of sp³-hybridized carbons (Fsp3) is 0.389. The summed E-state index contributed by atoms with van der Waals surface area (Å²) < 4.78 is 5.06. The molecule has 4 nitrogen and oxygen atoms in total. The molecule has 0 atom stereocenters. The van der Waals surface area contributed by atoms with Gasteiger partial charge in [0, 0.05) is 30.2 Å². The van der Waals surface area contributed by atoms with Gasteiger partial charge in [-0.2, -0.15) is 0 Å². The van der Waals surface area contributed by atoms with E-state index in [-0.39, 0.29) is 6.09 Å². The van der Waals surface area contributed by atoms with Gasteiger partial charge in [0.2, 0.25) is 0 Å². The molecule has 0 saturated carbocycles. The predicted octanol–water partition coefficient (Wildman–Crippen LogP) is 3.87. The van der Waals surface area contributed by atoms with Crippen LogP contribution in [0.3, 0.4) is 0 Å². The number of likely N-dealkylation sites (tertiary alicyclic amines) is 1. The maximum Gasteiger partial charge on any atom is 0.409 e. The first-order chi connectivity index (χ1) is 10.8. The molecule has 0 unspecified atom stereocenters. The first-order valence-electron chi connectivity index (χ1n) is 7.94. The third-order valence-electron chi connectivity index (χ3n) is 4.17. The Bertz CT molecular complexity index is 643. The summed E-state index contributed by atoms with van der Waals surface area (Å²) >= 11 is 0. The van der Waals surface area contributed by atoms with Gasteiger partial charge in [0.25, 0.3) is 0 Å². The van der Waals surface area contributed by atoms with E-state index in [0.717, 1.165) is 25.9 Å². The lowest BCUT2D eigenvalue weighted by atomic mass is 10.0. The number of carbonyl (C=O) groups is 1. The van der Waals surface area contributed by atoms with Crippen LogP contribution >= 0.6 is 0 Å². The molecule has 3 rings (SSSR count). The number of benzene rings is 2. The van der Waals surface area contributed by atoms with Crippen molar-refractivity contribution in [1.29, 1.82) is 0 Å². The highest BCUT2D eigenvalue weighted by molar-refractivity contribution is 5.93. The molecule has 1 heterocycles. The fourth-order valence-corrected chi connectivity index (χ4v) is 2.99. The second-order valence-corrected chi connectivity index (χ2v) is 5.63. The minimum atomic E-state index is -0.189. The van der Waals surface area contributed by atoms with E-state index in [1.807, 2.05) is 6.92 Å². The summed E-state index contributed by atoms with van der Waals surface area (Å²) in [5.74, 6) is 0. The van der Waals surface area contributed by atoms with Crippen LogP contribution in [0.2, 0.25) is 0 Å². The number of amides is 1. The van der Waals surface area contributed by atoms with Crippen molar-refractivity contribution < 1.29 is 9.53 Å². The van der Waals surface area contributed by atoms with E-state index in [2.05, 4.69) is 47.8 Å². The van der Waals surface area contributed by atoms with Crippen LogP contribution < -0.4 is 5.32 Å². The van der Waals surface area contributed by atoms with Gasteiger partial charge < -0.3 is 15.0 Å². The molecule has 0 aromatic heterocycles. The minimum absolute atomic E-state index is 0.189.